The lowest BCUT2D eigenvalue weighted by molar-refractivity contribution is 0.0764. The van der Waals surface area contributed by atoms with Crippen LogP contribution in [0.15, 0.2) is 72.6 Å². The Morgan fingerprint density at radius 2 is 1.88 bits per heavy atom. The maximum absolute atomic E-state index is 14.8. The third kappa shape index (κ3) is 5.37. The summed E-state index contributed by atoms with van der Waals surface area (Å²) >= 11 is 0. The number of halogens is 2. The molecule has 0 radical (unpaired) electrons. The molecule has 3 heterocycles. The fraction of sp³-hybridized carbons (Fsp3) is 0.258. The first-order valence-electron chi connectivity index (χ1n) is 13.5. The Bertz CT molecular complexity index is 1680. The van der Waals surface area contributed by atoms with Crippen molar-refractivity contribution < 1.29 is 23.0 Å². The van der Waals surface area contributed by atoms with E-state index in [0.717, 1.165) is 17.6 Å². The van der Waals surface area contributed by atoms with Gasteiger partial charge in [0.15, 0.2) is 5.82 Å². The minimum absolute atomic E-state index is 0.0829. The second-order valence-electron chi connectivity index (χ2n) is 10.2. The van der Waals surface area contributed by atoms with Crippen molar-refractivity contribution in [1.82, 2.24) is 29.9 Å². The van der Waals surface area contributed by atoms with Crippen molar-refractivity contribution in [2.24, 2.45) is 5.92 Å². The van der Waals surface area contributed by atoms with Crippen molar-refractivity contribution in [1.29, 1.82) is 0 Å². The molecule has 1 unspecified atom stereocenters. The lowest BCUT2D eigenvalue weighted by Crippen LogP contribution is -2.24. The molecule has 2 aromatic heterocycles. The molecule has 1 aliphatic heterocycles. The molecule has 6 rings (SSSR count). The molecule has 0 saturated carbocycles. The third-order valence-corrected chi connectivity index (χ3v) is 7.47. The van der Waals surface area contributed by atoms with E-state index in [4.69, 9.17) is 9.47 Å². The summed E-state index contributed by atoms with van der Waals surface area (Å²) in [6.45, 7) is 1.11. The highest BCUT2D eigenvalue weighted by atomic mass is 19.1. The maximum atomic E-state index is 14.8. The number of fused-ring (bicyclic) bond motifs is 1. The summed E-state index contributed by atoms with van der Waals surface area (Å²) in [4.78, 5) is 24.5. The normalized spacial score (nSPS) is 16.0. The van der Waals surface area contributed by atoms with E-state index in [-0.39, 0.29) is 36.3 Å². The first-order valence-corrected chi connectivity index (χ1v) is 13.5. The number of amides is 1. The quantitative estimate of drug-likeness (QED) is 0.282. The number of nitrogens with zero attached hydrogens (tertiary/aromatic N) is 6. The van der Waals surface area contributed by atoms with Crippen LogP contribution in [0.4, 0.5) is 8.78 Å². The minimum atomic E-state index is -0.766. The molecule has 1 aliphatic carbocycles. The first-order chi connectivity index (χ1) is 20.4. The maximum Gasteiger partial charge on any atom is 0.258 e. The molecule has 42 heavy (non-hydrogen) atoms. The van der Waals surface area contributed by atoms with Crippen molar-refractivity contribution in [2.45, 2.75) is 32.5 Å². The van der Waals surface area contributed by atoms with E-state index in [0.29, 0.717) is 41.4 Å². The zero-order valence-electron chi connectivity index (χ0n) is 23.1. The lowest BCUT2D eigenvalue weighted by atomic mass is 9.93. The van der Waals surface area contributed by atoms with E-state index in [1.165, 1.54) is 18.2 Å². The van der Waals surface area contributed by atoms with Crippen molar-refractivity contribution in [3.8, 4) is 22.9 Å². The van der Waals surface area contributed by atoms with Gasteiger partial charge in [-0.1, -0.05) is 29.5 Å². The molecule has 2 aromatic carbocycles. The summed E-state index contributed by atoms with van der Waals surface area (Å²) in [7, 11) is 3.12. The highest BCUT2D eigenvalue weighted by molar-refractivity contribution is 5.99. The number of benzene rings is 2. The van der Waals surface area contributed by atoms with Crippen LogP contribution in [0.25, 0.3) is 11.4 Å². The van der Waals surface area contributed by atoms with E-state index in [9.17, 15) is 13.6 Å². The van der Waals surface area contributed by atoms with E-state index >= 15 is 0 Å². The standard InChI is InChI=1S/C31H28F2N6O3/c1-41-22-11-10-21(27(15-22)42-2)17-38-18-26-29(31(38)40)25(35-30(36-26)28-23(32)4-3-5-24(28)33)14-19-6-8-20(9-7-19)16-39-13-12-34-37-39/h3-8,10-13,15,20H,9,14,16-18H2,1-2H3. The minimum Gasteiger partial charge on any atom is -0.497 e. The fourth-order valence-corrected chi connectivity index (χ4v) is 5.34. The van der Waals surface area contributed by atoms with Crippen LogP contribution in [0, 0.1) is 17.6 Å². The number of methoxy groups -OCH3 is 2. The average Bonchev–Trinajstić information content (AvgIpc) is 3.61. The number of hydrogen-bond donors (Lipinski definition) is 0. The van der Waals surface area contributed by atoms with Crippen LogP contribution >= 0.6 is 0 Å². The topological polar surface area (TPSA) is 95.3 Å². The lowest BCUT2D eigenvalue weighted by Gasteiger charge is -2.18. The second-order valence-corrected chi connectivity index (χ2v) is 10.2. The molecular formula is C31H28F2N6O3. The monoisotopic (exact) mass is 570 g/mol. The molecule has 0 N–H and O–H groups in total. The Balaban J connectivity index is 1.32. The van der Waals surface area contributed by atoms with E-state index in [1.54, 1.807) is 42.1 Å². The average molecular weight is 571 g/mol. The van der Waals surface area contributed by atoms with Gasteiger partial charge < -0.3 is 14.4 Å². The van der Waals surface area contributed by atoms with E-state index in [1.807, 2.05) is 18.3 Å². The summed E-state index contributed by atoms with van der Waals surface area (Å²) in [5.41, 5.74) is 2.64. The molecule has 1 amide bonds. The van der Waals surface area contributed by atoms with Crippen molar-refractivity contribution in [3.63, 3.8) is 0 Å². The highest BCUT2D eigenvalue weighted by Crippen LogP contribution is 2.34. The zero-order chi connectivity index (χ0) is 29.2. The van der Waals surface area contributed by atoms with Gasteiger partial charge in [0.05, 0.1) is 56.0 Å². The van der Waals surface area contributed by atoms with Crippen LogP contribution in [-0.2, 0) is 26.1 Å². The first kappa shape index (κ1) is 27.3. The van der Waals surface area contributed by atoms with Crippen LogP contribution in [-0.4, -0.2) is 50.0 Å². The SMILES string of the molecule is COc1ccc(CN2Cc3nc(-c4c(F)cccc4F)nc(CC4=CCC(Cn5ccnn5)C=C4)c3C2=O)c(OC)c1. The van der Waals surface area contributed by atoms with Crippen LogP contribution in [0.5, 0.6) is 11.5 Å². The number of carbonyl (C=O) groups is 1. The summed E-state index contributed by atoms with van der Waals surface area (Å²) in [6.07, 6.45) is 10.7. The number of rotatable bonds is 9. The fourth-order valence-electron chi connectivity index (χ4n) is 5.34. The van der Waals surface area contributed by atoms with Gasteiger partial charge in [0.2, 0.25) is 0 Å². The van der Waals surface area contributed by atoms with Gasteiger partial charge in [-0.05, 0) is 36.3 Å². The van der Waals surface area contributed by atoms with Crippen molar-refractivity contribution in [3.05, 3.63) is 107 Å². The highest BCUT2D eigenvalue weighted by Gasteiger charge is 2.34. The second kappa shape index (κ2) is 11.5. The summed E-state index contributed by atoms with van der Waals surface area (Å²) in [5, 5.41) is 7.88. The van der Waals surface area contributed by atoms with E-state index in [2.05, 4.69) is 32.4 Å². The van der Waals surface area contributed by atoms with Crippen LogP contribution in [0.3, 0.4) is 0 Å². The molecular weight excluding hydrogens is 542 g/mol. The molecule has 4 aromatic rings. The molecule has 2 aliphatic rings. The molecule has 1 atom stereocenters. The van der Waals surface area contributed by atoms with Gasteiger partial charge in [0.1, 0.15) is 23.1 Å². The Hall–Kier alpha value is -4.93. The molecule has 0 spiro atoms. The van der Waals surface area contributed by atoms with Gasteiger partial charge in [-0.2, -0.15) is 0 Å². The number of ether oxygens (including phenoxy) is 2. The van der Waals surface area contributed by atoms with Gasteiger partial charge >= 0.3 is 0 Å². The summed E-state index contributed by atoms with van der Waals surface area (Å²) in [5.74, 6) is -0.407. The zero-order valence-corrected chi connectivity index (χ0v) is 23.1. The molecule has 0 fully saturated rings. The third-order valence-electron chi connectivity index (χ3n) is 7.47. The predicted molar refractivity (Wildman–Crippen MR) is 150 cm³/mol. The van der Waals surface area contributed by atoms with Gasteiger partial charge in [0.25, 0.3) is 5.91 Å². The Labute approximate surface area is 241 Å². The van der Waals surface area contributed by atoms with Crippen molar-refractivity contribution in [2.75, 3.05) is 14.2 Å². The summed E-state index contributed by atoms with van der Waals surface area (Å²) < 4.78 is 42.2. The molecule has 214 valence electrons. The Kier molecular flexibility index (Phi) is 7.47. The predicted octanol–water partition coefficient (Wildman–Crippen LogP) is 4.93. The molecule has 9 nitrogen and oxygen atoms in total. The number of hydrogen-bond acceptors (Lipinski definition) is 7. The Morgan fingerprint density at radius 1 is 1.05 bits per heavy atom. The number of carbonyl (C=O) groups excluding carboxylic acids is 1. The van der Waals surface area contributed by atoms with Crippen LogP contribution in [0.1, 0.15) is 33.7 Å². The van der Waals surface area contributed by atoms with Gasteiger partial charge in [-0.25, -0.2) is 18.7 Å². The van der Waals surface area contributed by atoms with Gasteiger partial charge in [-0.15, -0.1) is 5.10 Å². The molecule has 11 heteroatoms. The summed E-state index contributed by atoms with van der Waals surface area (Å²) in [6, 6.07) is 9.03. The van der Waals surface area contributed by atoms with Crippen LogP contribution in [0.2, 0.25) is 0 Å². The van der Waals surface area contributed by atoms with Gasteiger partial charge in [-0.3, -0.25) is 9.48 Å². The largest absolute Gasteiger partial charge is 0.497 e. The van der Waals surface area contributed by atoms with E-state index < -0.39 is 11.6 Å². The smallest absolute Gasteiger partial charge is 0.258 e. The molecule has 0 saturated heterocycles. The number of aromatic nitrogens is 5. The van der Waals surface area contributed by atoms with Crippen LogP contribution < -0.4 is 9.47 Å². The van der Waals surface area contributed by atoms with Crippen molar-refractivity contribution >= 4 is 5.91 Å². The number of allylic oxidation sites excluding steroid dienone is 4. The Morgan fingerprint density at radius 3 is 2.57 bits per heavy atom. The van der Waals surface area contributed by atoms with Gasteiger partial charge in [0, 0.05) is 36.7 Å². The molecule has 0 bridgehead atoms.